The lowest BCUT2D eigenvalue weighted by Gasteiger charge is -2.30. The van der Waals surface area contributed by atoms with Crippen LogP contribution in [0.5, 0.6) is 0 Å². The summed E-state index contributed by atoms with van der Waals surface area (Å²) in [6.45, 7) is 2.28. The van der Waals surface area contributed by atoms with E-state index in [0.717, 1.165) is 18.1 Å². The average Bonchev–Trinajstić information content (AvgIpc) is 2.12. The number of carbonyl (C=O) groups is 1. The molecule has 2 rings (SSSR count). The Kier molecular flexibility index (Phi) is 3.08. The van der Waals surface area contributed by atoms with Gasteiger partial charge in [-0.25, -0.2) is 0 Å². The maximum atomic E-state index is 11.6. The minimum Gasteiger partial charge on any atom is -0.377 e. The van der Waals surface area contributed by atoms with Crippen molar-refractivity contribution >= 4 is 17.7 Å². The first-order valence-corrected chi connectivity index (χ1v) is 5.71. The SMILES string of the molecule is O=C(NC1COC1)C1CSCCN1. The maximum Gasteiger partial charge on any atom is 0.238 e. The van der Waals surface area contributed by atoms with Crippen molar-refractivity contribution in [3.8, 4) is 0 Å². The van der Waals surface area contributed by atoms with Crippen LogP contribution in [0.4, 0.5) is 0 Å². The zero-order valence-electron chi connectivity index (χ0n) is 7.41. The zero-order chi connectivity index (χ0) is 9.10. The Balaban J connectivity index is 1.74. The van der Waals surface area contributed by atoms with Crippen LogP contribution in [0.1, 0.15) is 0 Å². The Labute approximate surface area is 81.8 Å². The predicted octanol–water partition coefficient (Wildman–Crippen LogP) is -0.794. The van der Waals surface area contributed by atoms with Crippen molar-refractivity contribution in [1.82, 2.24) is 10.6 Å². The molecule has 2 heterocycles. The number of rotatable bonds is 2. The summed E-state index contributed by atoms with van der Waals surface area (Å²) in [5.74, 6) is 2.12. The number of ether oxygens (including phenoxy) is 1. The van der Waals surface area contributed by atoms with Crippen LogP contribution in [0.15, 0.2) is 0 Å². The Morgan fingerprint density at radius 3 is 2.92 bits per heavy atom. The smallest absolute Gasteiger partial charge is 0.238 e. The number of hydrogen-bond acceptors (Lipinski definition) is 4. The average molecular weight is 202 g/mol. The highest BCUT2D eigenvalue weighted by atomic mass is 32.2. The van der Waals surface area contributed by atoms with E-state index in [9.17, 15) is 4.79 Å². The van der Waals surface area contributed by atoms with Crippen LogP contribution in [0.2, 0.25) is 0 Å². The molecule has 0 saturated carbocycles. The van der Waals surface area contributed by atoms with Crippen molar-refractivity contribution < 1.29 is 9.53 Å². The summed E-state index contributed by atoms with van der Waals surface area (Å²) >= 11 is 1.83. The molecule has 5 heteroatoms. The van der Waals surface area contributed by atoms with E-state index in [2.05, 4.69) is 10.6 Å². The van der Waals surface area contributed by atoms with Gasteiger partial charge in [-0.15, -0.1) is 0 Å². The van der Waals surface area contributed by atoms with Crippen LogP contribution < -0.4 is 10.6 Å². The maximum absolute atomic E-state index is 11.6. The standard InChI is InChI=1S/C8H14N2O2S/c11-8(10-6-3-12-4-6)7-5-13-2-1-9-7/h6-7,9H,1-5H2,(H,10,11). The summed E-state index contributed by atoms with van der Waals surface area (Å²) < 4.78 is 4.98. The first-order valence-electron chi connectivity index (χ1n) is 4.55. The lowest BCUT2D eigenvalue weighted by atomic mass is 10.2. The van der Waals surface area contributed by atoms with Gasteiger partial charge in [-0.05, 0) is 0 Å². The van der Waals surface area contributed by atoms with Crippen molar-refractivity contribution in [2.24, 2.45) is 0 Å². The van der Waals surface area contributed by atoms with E-state index in [0.29, 0.717) is 13.2 Å². The summed E-state index contributed by atoms with van der Waals surface area (Å²) in [7, 11) is 0. The molecule has 2 N–H and O–H groups in total. The first-order chi connectivity index (χ1) is 6.36. The Hall–Kier alpha value is -0.260. The van der Waals surface area contributed by atoms with Gasteiger partial charge >= 0.3 is 0 Å². The zero-order valence-corrected chi connectivity index (χ0v) is 8.23. The highest BCUT2D eigenvalue weighted by Gasteiger charge is 2.26. The van der Waals surface area contributed by atoms with Gasteiger partial charge in [0, 0.05) is 18.1 Å². The topological polar surface area (TPSA) is 50.4 Å². The minimum atomic E-state index is -0.000602. The van der Waals surface area contributed by atoms with E-state index in [1.807, 2.05) is 11.8 Å². The van der Waals surface area contributed by atoms with Gasteiger partial charge in [-0.2, -0.15) is 11.8 Å². The fourth-order valence-corrected chi connectivity index (χ4v) is 2.29. The highest BCUT2D eigenvalue weighted by Crippen LogP contribution is 2.08. The Morgan fingerprint density at radius 2 is 2.38 bits per heavy atom. The first kappa shape index (κ1) is 9.30. The lowest BCUT2D eigenvalue weighted by Crippen LogP contribution is -2.56. The molecular weight excluding hydrogens is 188 g/mol. The monoisotopic (exact) mass is 202 g/mol. The van der Waals surface area contributed by atoms with Gasteiger partial charge in [0.05, 0.1) is 25.3 Å². The molecule has 0 aromatic rings. The number of thioether (sulfide) groups is 1. The summed E-state index contributed by atoms with van der Waals surface area (Å²) in [4.78, 5) is 11.6. The lowest BCUT2D eigenvalue weighted by molar-refractivity contribution is -0.126. The molecular formula is C8H14N2O2S. The van der Waals surface area contributed by atoms with E-state index in [1.54, 1.807) is 0 Å². The van der Waals surface area contributed by atoms with Crippen LogP contribution in [0, 0.1) is 0 Å². The largest absolute Gasteiger partial charge is 0.377 e. The molecule has 1 atom stereocenters. The normalized spacial score (nSPS) is 29.4. The summed E-state index contributed by atoms with van der Waals surface area (Å²) in [6, 6.07) is 0.251. The third-order valence-electron chi connectivity index (χ3n) is 2.22. The molecule has 2 fully saturated rings. The molecule has 1 unspecified atom stereocenters. The molecule has 2 aliphatic heterocycles. The van der Waals surface area contributed by atoms with Crippen molar-refractivity contribution in [2.75, 3.05) is 31.3 Å². The van der Waals surface area contributed by atoms with Gasteiger partial charge in [0.2, 0.25) is 5.91 Å². The Morgan fingerprint density at radius 1 is 1.54 bits per heavy atom. The number of hydrogen-bond donors (Lipinski definition) is 2. The van der Waals surface area contributed by atoms with Crippen LogP contribution in [0.3, 0.4) is 0 Å². The molecule has 0 bridgehead atoms. The van der Waals surface area contributed by atoms with Gasteiger partial charge in [-0.1, -0.05) is 0 Å². The third-order valence-corrected chi connectivity index (χ3v) is 3.28. The van der Waals surface area contributed by atoms with Crippen molar-refractivity contribution in [3.05, 3.63) is 0 Å². The summed E-state index contributed by atoms with van der Waals surface area (Å²) in [5, 5.41) is 6.15. The minimum absolute atomic E-state index is 0.000602. The third kappa shape index (κ3) is 2.36. The molecule has 74 valence electrons. The van der Waals surface area contributed by atoms with E-state index < -0.39 is 0 Å². The van der Waals surface area contributed by atoms with Crippen molar-refractivity contribution in [3.63, 3.8) is 0 Å². The van der Waals surface area contributed by atoms with Gasteiger partial charge in [-0.3, -0.25) is 4.79 Å². The quantitative estimate of drug-likeness (QED) is 0.616. The second-order valence-electron chi connectivity index (χ2n) is 3.32. The van der Waals surface area contributed by atoms with Crippen LogP contribution >= 0.6 is 11.8 Å². The van der Waals surface area contributed by atoms with Crippen molar-refractivity contribution in [2.45, 2.75) is 12.1 Å². The summed E-state index contributed by atoms with van der Waals surface area (Å²) in [6.07, 6.45) is 0. The molecule has 0 radical (unpaired) electrons. The predicted molar refractivity (Wildman–Crippen MR) is 51.9 cm³/mol. The molecule has 2 aliphatic rings. The second kappa shape index (κ2) is 4.30. The van der Waals surface area contributed by atoms with Crippen molar-refractivity contribution in [1.29, 1.82) is 0 Å². The molecule has 13 heavy (non-hydrogen) atoms. The van der Waals surface area contributed by atoms with Crippen LogP contribution in [0.25, 0.3) is 0 Å². The molecule has 0 aliphatic carbocycles. The van der Waals surface area contributed by atoms with Gasteiger partial charge in [0.1, 0.15) is 0 Å². The molecule has 0 spiro atoms. The summed E-state index contributed by atoms with van der Waals surface area (Å²) in [5.41, 5.74) is 0. The molecule has 0 aromatic heterocycles. The molecule has 1 amide bonds. The van der Waals surface area contributed by atoms with Gasteiger partial charge in [0.15, 0.2) is 0 Å². The molecule has 4 nitrogen and oxygen atoms in total. The van der Waals surface area contributed by atoms with Crippen LogP contribution in [-0.2, 0) is 9.53 Å². The number of nitrogens with one attached hydrogen (secondary N) is 2. The number of amides is 1. The number of carbonyl (C=O) groups excluding carboxylic acids is 1. The van der Waals surface area contributed by atoms with Gasteiger partial charge in [0.25, 0.3) is 0 Å². The second-order valence-corrected chi connectivity index (χ2v) is 4.47. The Bertz CT molecular complexity index is 191. The fourth-order valence-electron chi connectivity index (χ4n) is 1.35. The van der Waals surface area contributed by atoms with E-state index in [1.165, 1.54) is 0 Å². The molecule has 0 aromatic carbocycles. The van der Waals surface area contributed by atoms with E-state index >= 15 is 0 Å². The van der Waals surface area contributed by atoms with Crippen LogP contribution in [-0.4, -0.2) is 49.3 Å². The van der Waals surface area contributed by atoms with E-state index in [4.69, 9.17) is 4.74 Å². The highest BCUT2D eigenvalue weighted by molar-refractivity contribution is 7.99. The fraction of sp³-hybridized carbons (Fsp3) is 0.875. The molecule has 2 saturated heterocycles. The van der Waals surface area contributed by atoms with E-state index in [-0.39, 0.29) is 18.0 Å². The van der Waals surface area contributed by atoms with Gasteiger partial charge < -0.3 is 15.4 Å².